The molecule has 0 spiro atoms. The van der Waals surface area contributed by atoms with Crippen molar-refractivity contribution < 1.29 is 23.5 Å². The third-order valence-corrected chi connectivity index (χ3v) is 6.31. The number of benzene rings is 2. The Morgan fingerprint density at radius 1 is 1.16 bits per heavy atom. The number of fused-ring (bicyclic) bond motifs is 1. The van der Waals surface area contributed by atoms with Crippen molar-refractivity contribution in [3.63, 3.8) is 0 Å². The number of nitrogens with one attached hydrogen (secondary N) is 1. The fourth-order valence-electron chi connectivity index (χ4n) is 4.10. The summed E-state index contributed by atoms with van der Waals surface area (Å²) < 4.78 is 30.9. The quantitative estimate of drug-likeness (QED) is 0.570. The largest absolute Gasteiger partial charge is 0.478 e. The fraction of sp³-hybridized carbons (Fsp3) is 0.273. The van der Waals surface area contributed by atoms with Crippen molar-refractivity contribution >= 4 is 45.8 Å². The Morgan fingerprint density at radius 3 is 2.55 bits per heavy atom. The van der Waals surface area contributed by atoms with Gasteiger partial charge >= 0.3 is 5.97 Å². The molecular formula is C22H20F2IN3O3. The highest BCUT2D eigenvalue weighted by Gasteiger charge is 2.36. The SMILES string of the molecule is Cc1cc(I)ccc1Nc1c(C(=O)O)cc(C(=O)N2CC3=CN(C)CC3C2)c(F)c1F. The summed E-state index contributed by atoms with van der Waals surface area (Å²) >= 11 is 2.12. The number of hydrogen-bond donors (Lipinski definition) is 2. The van der Waals surface area contributed by atoms with E-state index < -0.39 is 40.3 Å². The van der Waals surface area contributed by atoms with E-state index in [0.717, 1.165) is 27.3 Å². The van der Waals surface area contributed by atoms with E-state index in [2.05, 4.69) is 27.9 Å². The minimum atomic E-state index is -1.46. The van der Waals surface area contributed by atoms with Gasteiger partial charge in [0.1, 0.15) is 0 Å². The molecule has 1 amide bonds. The van der Waals surface area contributed by atoms with Crippen molar-refractivity contribution in [2.24, 2.45) is 5.92 Å². The van der Waals surface area contributed by atoms with Crippen LogP contribution in [0, 0.1) is 28.0 Å². The highest BCUT2D eigenvalue weighted by Crippen LogP contribution is 2.33. The van der Waals surface area contributed by atoms with E-state index in [1.165, 1.54) is 4.90 Å². The molecule has 0 bridgehead atoms. The lowest BCUT2D eigenvalue weighted by atomic mass is 10.0. The summed E-state index contributed by atoms with van der Waals surface area (Å²) in [6, 6.07) is 6.17. The van der Waals surface area contributed by atoms with Gasteiger partial charge in [0.25, 0.3) is 5.91 Å². The summed E-state index contributed by atoms with van der Waals surface area (Å²) in [4.78, 5) is 28.2. The molecule has 0 aromatic heterocycles. The number of carbonyl (C=O) groups excluding carboxylic acids is 1. The highest BCUT2D eigenvalue weighted by molar-refractivity contribution is 14.1. The standard InChI is InChI=1S/C22H20F2IN3O3/c1-11-5-14(25)3-4-17(11)26-20-16(22(30)31)6-15(18(23)19(20)24)21(29)28-9-12-7-27(2)8-13(12)10-28/h3-7,13,26H,8-10H2,1-2H3,(H,30,31). The molecule has 6 nitrogen and oxygen atoms in total. The van der Waals surface area contributed by atoms with Gasteiger partial charge in [0.15, 0.2) is 11.6 Å². The van der Waals surface area contributed by atoms with E-state index in [1.807, 2.05) is 24.2 Å². The van der Waals surface area contributed by atoms with E-state index in [4.69, 9.17) is 0 Å². The van der Waals surface area contributed by atoms with Crippen LogP contribution in [-0.2, 0) is 0 Å². The topological polar surface area (TPSA) is 72.9 Å². The molecule has 2 aromatic rings. The van der Waals surface area contributed by atoms with E-state index in [9.17, 15) is 19.1 Å². The van der Waals surface area contributed by atoms with Gasteiger partial charge in [-0.15, -0.1) is 0 Å². The van der Waals surface area contributed by atoms with Crippen LogP contribution < -0.4 is 5.32 Å². The molecule has 0 saturated carbocycles. The minimum absolute atomic E-state index is 0.158. The van der Waals surface area contributed by atoms with Crippen molar-refractivity contribution in [2.45, 2.75) is 6.92 Å². The normalized spacial score (nSPS) is 17.6. The fourth-order valence-corrected chi connectivity index (χ4v) is 4.75. The number of carboxylic acids is 1. The lowest BCUT2D eigenvalue weighted by Crippen LogP contribution is -2.32. The predicted octanol–water partition coefficient (Wildman–Crippen LogP) is 4.22. The molecule has 31 heavy (non-hydrogen) atoms. The lowest BCUT2D eigenvalue weighted by Gasteiger charge is -2.20. The Labute approximate surface area is 191 Å². The van der Waals surface area contributed by atoms with Crippen molar-refractivity contribution in [1.29, 1.82) is 0 Å². The van der Waals surface area contributed by atoms with Gasteiger partial charge in [-0.3, -0.25) is 4.79 Å². The molecule has 2 aromatic carbocycles. The minimum Gasteiger partial charge on any atom is -0.478 e. The second-order valence-electron chi connectivity index (χ2n) is 7.89. The molecule has 4 rings (SSSR count). The average molecular weight is 539 g/mol. The number of aryl methyl sites for hydroxylation is 1. The third kappa shape index (κ3) is 3.98. The van der Waals surface area contributed by atoms with E-state index >= 15 is 4.39 Å². The smallest absolute Gasteiger partial charge is 0.337 e. The summed E-state index contributed by atoms with van der Waals surface area (Å²) in [7, 11) is 1.94. The third-order valence-electron chi connectivity index (χ3n) is 5.64. The van der Waals surface area contributed by atoms with Gasteiger partial charge in [-0.25, -0.2) is 13.6 Å². The van der Waals surface area contributed by atoms with Gasteiger partial charge in [-0.2, -0.15) is 0 Å². The zero-order chi connectivity index (χ0) is 22.4. The summed E-state index contributed by atoms with van der Waals surface area (Å²) in [6.07, 6.45) is 1.95. The van der Waals surface area contributed by atoms with E-state index in [-0.39, 0.29) is 5.92 Å². The molecule has 0 aliphatic carbocycles. The Hall–Kier alpha value is -2.69. The van der Waals surface area contributed by atoms with Crippen LogP contribution in [0.5, 0.6) is 0 Å². The predicted molar refractivity (Wildman–Crippen MR) is 121 cm³/mol. The number of likely N-dealkylation sites (tertiary alicyclic amines) is 1. The molecule has 2 aliphatic rings. The molecular weight excluding hydrogens is 519 g/mol. The van der Waals surface area contributed by atoms with Gasteiger partial charge < -0.3 is 20.2 Å². The summed E-state index contributed by atoms with van der Waals surface area (Å²) in [5, 5.41) is 12.3. The van der Waals surface area contributed by atoms with Crippen molar-refractivity contribution in [1.82, 2.24) is 9.80 Å². The number of aromatic carboxylic acids is 1. The Bertz CT molecular complexity index is 1140. The Kier molecular flexibility index (Phi) is 5.63. The average Bonchev–Trinajstić information content (AvgIpc) is 3.24. The van der Waals surface area contributed by atoms with Crippen molar-refractivity contribution in [3.8, 4) is 0 Å². The van der Waals surface area contributed by atoms with Gasteiger partial charge in [-0.05, 0) is 64.9 Å². The number of carboxylic acid groups (broad SMARTS) is 1. The number of amides is 1. The summed E-state index contributed by atoms with van der Waals surface area (Å²) in [5.74, 6) is -4.76. The van der Waals surface area contributed by atoms with Crippen LogP contribution in [0.2, 0.25) is 0 Å². The second kappa shape index (κ2) is 8.10. The maximum absolute atomic E-state index is 15.0. The Balaban J connectivity index is 1.70. The lowest BCUT2D eigenvalue weighted by molar-refractivity contribution is 0.0697. The second-order valence-corrected chi connectivity index (χ2v) is 9.14. The maximum atomic E-state index is 15.0. The number of hydrogen-bond acceptors (Lipinski definition) is 4. The molecule has 162 valence electrons. The molecule has 2 aliphatic heterocycles. The molecule has 1 unspecified atom stereocenters. The number of halogens is 3. The first-order chi connectivity index (χ1) is 14.7. The van der Waals surface area contributed by atoms with Gasteiger partial charge in [0.2, 0.25) is 0 Å². The number of rotatable bonds is 4. The van der Waals surface area contributed by atoms with Crippen LogP contribution in [0.15, 0.2) is 36.0 Å². The molecule has 1 saturated heterocycles. The van der Waals surface area contributed by atoms with Crippen molar-refractivity contribution in [2.75, 3.05) is 32.0 Å². The first-order valence-corrected chi connectivity index (χ1v) is 10.7. The maximum Gasteiger partial charge on any atom is 0.337 e. The van der Waals surface area contributed by atoms with Crippen LogP contribution in [0.4, 0.5) is 20.2 Å². The van der Waals surface area contributed by atoms with E-state index in [0.29, 0.717) is 18.8 Å². The summed E-state index contributed by atoms with van der Waals surface area (Å²) in [6.45, 7) is 3.24. The molecule has 2 heterocycles. The Morgan fingerprint density at radius 2 is 1.90 bits per heavy atom. The first-order valence-electron chi connectivity index (χ1n) is 9.64. The van der Waals surface area contributed by atoms with Gasteiger partial charge in [-0.1, -0.05) is 0 Å². The number of nitrogens with zero attached hydrogens (tertiary/aromatic N) is 2. The zero-order valence-electron chi connectivity index (χ0n) is 16.9. The van der Waals surface area contributed by atoms with E-state index in [1.54, 1.807) is 19.1 Å². The summed E-state index contributed by atoms with van der Waals surface area (Å²) in [5.41, 5.74) is 0.664. The van der Waals surface area contributed by atoms with Crippen LogP contribution in [0.1, 0.15) is 26.3 Å². The molecule has 9 heteroatoms. The zero-order valence-corrected chi connectivity index (χ0v) is 19.0. The highest BCUT2D eigenvalue weighted by atomic mass is 127. The number of carbonyl (C=O) groups is 2. The van der Waals surface area contributed by atoms with Crippen LogP contribution in [-0.4, -0.2) is 53.5 Å². The van der Waals surface area contributed by atoms with Crippen molar-refractivity contribution in [3.05, 3.63) is 67.9 Å². The van der Waals surface area contributed by atoms with Crippen LogP contribution >= 0.6 is 22.6 Å². The van der Waals surface area contributed by atoms with Crippen LogP contribution in [0.25, 0.3) is 0 Å². The van der Waals surface area contributed by atoms with Gasteiger partial charge in [0, 0.05) is 48.1 Å². The molecule has 1 atom stereocenters. The molecule has 1 fully saturated rings. The molecule has 0 radical (unpaired) electrons. The van der Waals surface area contributed by atoms with Crippen LogP contribution in [0.3, 0.4) is 0 Å². The molecule has 2 N–H and O–H groups in total. The first kappa shape index (κ1) is 21.5. The monoisotopic (exact) mass is 539 g/mol. The number of anilines is 2. The van der Waals surface area contributed by atoms with Gasteiger partial charge in [0.05, 0.1) is 16.8 Å².